The molecule has 0 fully saturated rings. The van der Waals surface area contributed by atoms with E-state index in [9.17, 15) is 14.7 Å². The van der Waals surface area contributed by atoms with Crippen LogP contribution >= 0.6 is 0 Å². The van der Waals surface area contributed by atoms with Crippen molar-refractivity contribution in [1.82, 2.24) is 0 Å². The van der Waals surface area contributed by atoms with Crippen LogP contribution in [0.15, 0.2) is 12.1 Å². The summed E-state index contributed by atoms with van der Waals surface area (Å²) in [5.41, 5.74) is -2.08. The molecule has 0 aliphatic heterocycles. The number of nitriles is 1. The number of aromatic carboxylic acids is 1. The van der Waals surface area contributed by atoms with E-state index >= 15 is 0 Å². The van der Waals surface area contributed by atoms with Crippen molar-refractivity contribution in [2.24, 2.45) is 0 Å². The molecule has 0 unspecified atom stereocenters. The summed E-state index contributed by atoms with van der Waals surface area (Å²) in [7, 11) is 0. The topological polar surface area (TPSA) is 108 Å². The third-order valence-electron chi connectivity index (χ3n) is 2.13. The van der Waals surface area contributed by atoms with Crippen molar-refractivity contribution in [2.75, 3.05) is 0 Å². The molecule has 0 radical (unpaired) electrons. The number of rotatable bonds is 2. The Bertz CT molecular complexity index is 578. The van der Waals surface area contributed by atoms with E-state index in [1.807, 2.05) is 0 Å². The Kier molecular flexibility index (Phi) is 3.80. The van der Waals surface area contributed by atoms with Gasteiger partial charge in [-0.1, -0.05) is 0 Å². The Morgan fingerprint density at radius 2 is 1.89 bits per heavy atom. The number of hydrogen-bond donors (Lipinski definition) is 2. The van der Waals surface area contributed by atoms with Crippen LogP contribution in [0.3, 0.4) is 0 Å². The van der Waals surface area contributed by atoms with Crippen molar-refractivity contribution in [3.05, 3.63) is 28.8 Å². The molecular formula is C13H13NO5. The maximum Gasteiger partial charge on any atom is 0.341 e. The van der Waals surface area contributed by atoms with Crippen LogP contribution in [0.1, 0.15) is 47.1 Å². The fraction of sp³-hybridized carbons (Fsp3) is 0.308. The maximum atomic E-state index is 12.0. The fourth-order valence-electron chi connectivity index (χ4n) is 1.42. The van der Waals surface area contributed by atoms with Crippen LogP contribution in [-0.2, 0) is 4.74 Å². The lowest BCUT2D eigenvalue weighted by Crippen LogP contribution is -2.26. The predicted molar refractivity (Wildman–Crippen MR) is 64.9 cm³/mol. The third-order valence-corrected chi connectivity index (χ3v) is 2.13. The Morgan fingerprint density at radius 3 is 2.32 bits per heavy atom. The van der Waals surface area contributed by atoms with Crippen molar-refractivity contribution in [3.63, 3.8) is 0 Å². The molecule has 0 amide bonds. The Hall–Kier alpha value is -2.55. The molecule has 6 heteroatoms. The Morgan fingerprint density at radius 1 is 1.32 bits per heavy atom. The number of hydrogen-bond acceptors (Lipinski definition) is 5. The first-order valence-electron chi connectivity index (χ1n) is 5.40. The smallest absolute Gasteiger partial charge is 0.341 e. The Labute approximate surface area is 109 Å². The summed E-state index contributed by atoms with van der Waals surface area (Å²) in [5, 5.41) is 27.5. The molecular weight excluding hydrogens is 250 g/mol. The summed E-state index contributed by atoms with van der Waals surface area (Å²) < 4.78 is 5.05. The van der Waals surface area contributed by atoms with E-state index in [1.54, 1.807) is 26.8 Å². The largest absolute Gasteiger partial charge is 0.507 e. The molecule has 1 aromatic carbocycles. The number of aromatic hydroxyl groups is 1. The zero-order valence-corrected chi connectivity index (χ0v) is 10.7. The molecule has 19 heavy (non-hydrogen) atoms. The van der Waals surface area contributed by atoms with E-state index in [-0.39, 0.29) is 5.56 Å². The number of ether oxygens (including phenoxy) is 1. The molecule has 0 spiro atoms. The van der Waals surface area contributed by atoms with E-state index in [0.29, 0.717) is 0 Å². The zero-order chi connectivity index (χ0) is 14.8. The highest BCUT2D eigenvalue weighted by Gasteiger charge is 2.27. The maximum absolute atomic E-state index is 12.0. The van der Waals surface area contributed by atoms with Gasteiger partial charge >= 0.3 is 11.9 Å². The van der Waals surface area contributed by atoms with Gasteiger partial charge in [-0.05, 0) is 32.9 Å². The number of carboxylic acids is 1. The number of phenols is 1. The molecule has 0 atom stereocenters. The second kappa shape index (κ2) is 4.98. The first kappa shape index (κ1) is 14.5. The fourth-order valence-corrected chi connectivity index (χ4v) is 1.42. The van der Waals surface area contributed by atoms with Crippen molar-refractivity contribution in [2.45, 2.75) is 26.4 Å². The molecule has 0 aromatic heterocycles. The second-order valence-electron chi connectivity index (χ2n) is 4.80. The molecule has 0 saturated carbocycles. The Balaban J connectivity index is 3.47. The van der Waals surface area contributed by atoms with E-state index in [1.165, 1.54) is 0 Å². The van der Waals surface area contributed by atoms with Crippen molar-refractivity contribution in [3.8, 4) is 11.8 Å². The van der Waals surface area contributed by atoms with Gasteiger partial charge in [0, 0.05) is 0 Å². The predicted octanol–water partition coefficient (Wildman–Crippen LogP) is 1.92. The molecule has 0 aliphatic carbocycles. The van der Waals surface area contributed by atoms with Crippen LogP contribution < -0.4 is 0 Å². The van der Waals surface area contributed by atoms with Crippen molar-refractivity contribution in [1.29, 1.82) is 5.26 Å². The van der Waals surface area contributed by atoms with Crippen LogP contribution in [0.4, 0.5) is 0 Å². The van der Waals surface area contributed by atoms with Gasteiger partial charge in [0.1, 0.15) is 23.0 Å². The summed E-state index contributed by atoms with van der Waals surface area (Å²) in [4.78, 5) is 23.0. The van der Waals surface area contributed by atoms with Crippen LogP contribution in [0.2, 0.25) is 0 Å². The number of benzene rings is 1. The SMILES string of the molecule is CC(C)(C)OC(=O)c1c(C(=O)O)ccc(O)c1C#N. The molecule has 1 rings (SSSR count). The summed E-state index contributed by atoms with van der Waals surface area (Å²) in [6.07, 6.45) is 0. The van der Waals surface area contributed by atoms with Crippen molar-refractivity contribution < 1.29 is 24.5 Å². The molecule has 6 nitrogen and oxygen atoms in total. The van der Waals surface area contributed by atoms with Gasteiger partial charge in [-0.3, -0.25) is 0 Å². The van der Waals surface area contributed by atoms with Gasteiger partial charge < -0.3 is 14.9 Å². The van der Waals surface area contributed by atoms with Crippen LogP contribution in [0, 0.1) is 11.3 Å². The summed E-state index contributed by atoms with van der Waals surface area (Å²) in [5.74, 6) is -2.80. The number of nitrogens with zero attached hydrogens (tertiary/aromatic N) is 1. The van der Waals surface area contributed by atoms with Gasteiger partial charge in [0.15, 0.2) is 0 Å². The first-order valence-corrected chi connectivity index (χ1v) is 5.40. The molecule has 0 bridgehead atoms. The lowest BCUT2D eigenvalue weighted by molar-refractivity contribution is 0.00650. The lowest BCUT2D eigenvalue weighted by atomic mass is 10.0. The van der Waals surface area contributed by atoms with Gasteiger partial charge in [0.05, 0.1) is 11.1 Å². The number of carbonyl (C=O) groups excluding carboxylic acids is 1. The highest BCUT2D eigenvalue weighted by atomic mass is 16.6. The summed E-state index contributed by atoms with van der Waals surface area (Å²) >= 11 is 0. The first-order chi connectivity index (χ1) is 8.67. The quantitative estimate of drug-likeness (QED) is 0.789. The molecule has 2 N–H and O–H groups in total. The monoisotopic (exact) mass is 263 g/mol. The number of carbonyl (C=O) groups is 2. The number of phenolic OH excluding ortho intramolecular Hbond substituents is 1. The van der Waals surface area contributed by atoms with Crippen LogP contribution in [0.5, 0.6) is 5.75 Å². The summed E-state index contributed by atoms with van der Waals surface area (Å²) in [6.45, 7) is 4.83. The van der Waals surface area contributed by atoms with Gasteiger partial charge in [0.25, 0.3) is 0 Å². The third kappa shape index (κ3) is 3.22. The molecule has 0 aliphatic rings. The molecule has 100 valence electrons. The number of esters is 1. The molecule has 0 heterocycles. The van der Waals surface area contributed by atoms with E-state index in [2.05, 4.69) is 0 Å². The van der Waals surface area contributed by atoms with Crippen molar-refractivity contribution >= 4 is 11.9 Å². The second-order valence-corrected chi connectivity index (χ2v) is 4.80. The van der Waals surface area contributed by atoms with Crippen LogP contribution in [0.25, 0.3) is 0 Å². The normalized spacial score (nSPS) is 10.6. The van der Waals surface area contributed by atoms with Gasteiger partial charge in [-0.15, -0.1) is 0 Å². The minimum Gasteiger partial charge on any atom is -0.507 e. The van der Waals surface area contributed by atoms with Gasteiger partial charge in [0.2, 0.25) is 0 Å². The van der Waals surface area contributed by atoms with Crippen LogP contribution in [-0.4, -0.2) is 27.8 Å². The standard InChI is InChI=1S/C13H13NO5/c1-13(2,3)19-12(18)10-7(11(16)17)4-5-9(15)8(10)6-14/h4-5,15H,1-3H3,(H,16,17). The zero-order valence-electron chi connectivity index (χ0n) is 10.7. The number of carboxylic acid groups (broad SMARTS) is 1. The average molecular weight is 263 g/mol. The summed E-state index contributed by atoms with van der Waals surface area (Å²) in [6, 6.07) is 3.72. The van der Waals surface area contributed by atoms with E-state index in [4.69, 9.17) is 15.1 Å². The van der Waals surface area contributed by atoms with Gasteiger partial charge in [-0.25, -0.2) is 9.59 Å². The molecule has 0 saturated heterocycles. The highest BCUT2D eigenvalue weighted by molar-refractivity contribution is 6.05. The average Bonchev–Trinajstić information content (AvgIpc) is 2.25. The molecule has 1 aromatic rings. The lowest BCUT2D eigenvalue weighted by Gasteiger charge is -2.20. The van der Waals surface area contributed by atoms with Gasteiger partial charge in [-0.2, -0.15) is 5.26 Å². The minimum absolute atomic E-state index is 0.386. The minimum atomic E-state index is -1.38. The van der Waals surface area contributed by atoms with E-state index < -0.39 is 34.4 Å². The highest BCUT2D eigenvalue weighted by Crippen LogP contribution is 2.26. The van der Waals surface area contributed by atoms with E-state index in [0.717, 1.165) is 12.1 Å².